The minimum atomic E-state index is -0.160. The fourth-order valence-electron chi connectivity index (χ4n) is 1.50. The number of nitrogens with zero attached hydrogens (tertiary/aromatic N) is 4. The zero-order valence-electron chi connectivity index (χ0n) is 11.2. The molecule has 0 N–H and O–H groups in total. The Morgan fingerprint density at radius 2 is 1.95 bits per heavy atom. The summed E-state index contributed by atoms with van der Waals surface area (Å²) in [5, 5.41) is 7.85. The van der Waals surface area contributed by atoms with E-state index in [0.717, 1.165) is 5.69 Å². The molecule has 0 saturated carbocycles. The van der Waals surface area contributed by atoms with Crippen LogP contribution in [0.25, 0.3) is 5.69 Å². The molecule has 5 nitrogen and oxygen atoms in total. The molecule has 2 rings (SSSR count). The average Bonchev–Trinajstić information content (AvgIpc) is 2.86. The van der Waals surface area contributed by atoms with Crippen LogP contribution in [-0.2, 0) is 0 Å². The van der Waals surface area contributed by atoms with E-state index in [9.17, 15) is 4.79 Å². The smallest absolute Gasteiger partial charge is 0.209 e. The van der Waals surface area contributed by atoms with E-state index in [1.165, 1.54) is 11.6 Å². The summed E-state index contributed by atoms with van der Waals surface area (Å²) in [4.78, 5) is 13.6. The highest BCUT2D eigenvalue weighted by molar-refractivity contribution is 6.02. The highest BCUT2D eigenvalue weighted by atomic mass is 16.1. The van der Waals surface area contributed by atoms with E-state index in [2.05, 4.69) is 10.3 Å². The van der Waals surface area contributed by atoms with Gasteiger partial charge in [-0.25, -0.2) is 4.68 Å². The largest absolute Gasteiger partial charge is 0.383 e. The van der Waals surface area contributed by atoms with Gasteiger partial charge in [-0.1, -0.05) is 22.9 Å². The number of hydrogen-bond donors (Lipinski definition) is 0. The number of benzene rings is 1. The van der Waals surface area contributed by atoms with Crippen molar-refractivity contribution in [2.45, 2.75) is 6.92 Å². The number of hydrogen-bond acceptors (Lipinski definition) is 4. The van der Waals surface area contributed by atoms with Gasteiger partial charge in [-0.15, -0.1) is 5.10 Å². The van der Waals surface area contributed by atoms with E-state index in [4.69, 9.17) is 0 Å². The lowest BCUT2D eigenvalue weighted by molar-refractivity contribution is 0.104. The van der Waals surface area contributed by atoms with Crippen LogP contribution in [0.5, 0.6) is 0 Å². The van der Waals surface area contributed by atoms with Gasteiger partial charge in [-0.3, -0.25) is 4.79 Å². The van der Waals surface area contributed by atoms with Crippen LogP contribution in [0.1, 0.15) is 16.1 Å². The topological polar surface area (TPSA) is 51.0 Å². The second-order valence-corrected chi connectivity index (χ2v) is 4.53. The molecule has 1 aromatic carbocycles. The molecule has 0 spiro atoms. The Hall–Kier alpha value is -2.43. The molecule has 0 amide bonds. The maximum atomic E-state index is 11.8. The number of rotatable bonds is 4. The lowest BCUT2D eigenvalue weighted by Gasteiger charge is -2.01. The molecule has 0 atom stereocenters. The van der Waals surface area contributed by atoms with Crippen molar-refractivity contribution in [1.29, 1.82) is 0 Å². The minimum Gasteiger partial charge on any atom is -0.383 e. The maximum Gasteiger partial charge on any atom is 0.209 e. The molecule has 0 fully saturated rings. The quantitative estimate of drug-likeness (QED) is 0.618. The fourth-order valence-corrected chi connectivity index (χ4v) is 1.50. The van der Waals surface area contributed by atoms with Crippen LogP contribution in [-0.4, -0.2) is 39.8 Å². The van der Waals surface area contributed by atoms with Crippen LogP contribution in [0.15, 0.2) is 42.7 Å². The number of aryl methyl sites for hydroxylation is 1. The molecule has 0 radical (unpaired) electrons. The fraction of sp³-hybridized carbons (Fsp3) is 0.214. The van der Waals surface area contributed by atoms with Crippen molar-refractivity contribution in [2.75, 3.05) is 14.1 Å². The predicted molar refractivity (Wildman–Crippen MR) is 73.3 cm³/mol. The van der Waals surface area contributed by atoms with Gasteiger partial charge in [-0.05, 0) is 19.1 Å². The summed E-state index contributed by atoms with van der Waals surface area (Å²) in [6, 6.07) is 7.86. The molecule has 19 heavy (non-hydrogen) atoms. The Bertz CT molecular complexity index is 596. The lowest BCUT2D eigenvalue weighted by Crippen LogP contribution is -2.03. The van der Waals surface area contributed by atoms with Crippen LogP contribution < -0.4 is 0 Å². The van der Waals surface area contributed by atoms with Crippen molar-refractivity contribution in [3.8, 4) is 5.69 Å². The monoisotopic (exact) mass is 256 g/mol. The van der Waals surface area contributed by atoms with Crippen molar-refractivity contribution in [3.05, 3.63) is 54.0 Å². The molecule has 2 aromatic rings. The van der Waals surface area contributed by atoms with E-state index in [1.807, 2.05) is 45.3 Å². The van der Waals surface area contributed by atoms with E-state index >= 15 is 0 Å². The van der Waals surface area contributed by atoms with E-state index in [-0.39, 0.29) is 5.78 Å². The highest BCUT2D eigenvalue weighted by Crippen LogP contribution is 2.08. The summed E-state index contributed by atoms with van der Waals surface area (Å²) in [7, 11) is 3.71. The first-order chi connectivity index (χ1) is 9.06. The van der Waals surface area contributed by atoms with Gasteiger partial charge in [0.15, 0.2) is 5.69 Å². The molecule has 98 valence electrons. The van der Waals surface area contributed by atoms with Gasteiger partial charge in [0.25, 0.3) is 0 Å². The molecule has 0 unspecified atom stereocenters. The average molecular weight is 256 g/mol. The predicted octanol–water partition coefficient (Wildman–Crippen LogP) is 1.83. The molecule has 0 bridgehead atoms. The molecule has 0 saturated heterocycles. The molecule has 1 aromatic heterocycles. The number of carbonyl (C=O) groups excluding carboxylic acids is 1. The molecule has 0 aliphatic heterocycles. The Labute approximate surface area is 112 Å². The molecular weight excluding hydrogens is 240 g/mol. The van der Waals surface area contributed by atoms with Crippen LogP contribution in [0.4, 0.5) is 0 Å². The second-order valence-electron chi connectivity index (χ2n) is 4.53. The Morgan fingerprint density at radius 1 is 1.26 bits per heavy atom. The molecule has 5 heteroatoms. The first-order valence-electron chi connectivity index (χ1n) is 5.94. The van der Waals surface area contributed by atoms with Gasteiger partial charge < -0.3 is 4.90 Å². The lowest BCUT2D eigenvalue weighted by atomic mass is 10.2. The summed E-state index contributed by atoms with van der Waals surface area (Å²) in [6.45, 7) is 2.02. The number of ketones is 1. The maximum absolute atomic E-state index is 11.8. The van der Waals surface area contributed by atoms with Crippen molar-refractivity contribution in [3.63, 3.8) is 0 Å². The summed E-state index contributed by atoms with van der Waals surface area (Å²) < 4.78 is 1.59. The van der Waals surface area contributed by atoms with Crippen molar-refractivity contribution >= 4 is 5.78 Å². The molecule has 1 heterocycles. The van der Waals surface area contributed by atoms with Crippen molar-refractivity contribution in [2.24, 2.45) is 0 Å². The zero-order valence-corrected chi connectivity index (χ0v) is 11.2. The molecule has 0 aliphatic carbocycles. The molecule has 0 aliphatic rings. The number of aromatic nitrogens is 3. The van der Waals surface area contributed by atoms with Gasteiger partial charge >= 0.3 is 0 Å². The highest BCUT2D eigenvalue weighted by Gasteiger charge is 2.08. The Balaban J connectivity index is 2.19. The first-order valence-corrected chi connectivity index (χ1v) is 5.94. The van der Waals surface area contributed by atoms with Gasteiger partial charge in [-0.2, -0.15) is 0 Å². The van der Waals surface area contributed by atoms with Crippen LogP contribution in [0, 0.1) is 6.92 Å². The Kier molecular flexibility index (Phi) is 3.75. The van der Waals surface area contributed by atoms with Gasteiger partial charge in [0.1, 0.15) is 0 Å². The van der Waals surface area contributed by atoms with E-state index in [0.29, 0.717) is 5.69 Å². The van der Waals surface area contributed by atoms with E-state index < -0.39 is 0 Å². The third-order valence-electron chi connectivity index (χ3n) is 2.57. The second kappa shape index (κ2) is 5.48. The van der Waals surface area contributed by atoms with Crippen LogP contribution in [0.2, 0.25) is 0 Å². The summed E-state index contributed by atoms with van der Waals surface area (Å²) in [5.74, 6) is -0.160. The third-order valence-corrected chi connectivity index (χ3v) is 2.57. The summed E-state index contributed by atoms with van der Waals surface area (Å²) in [6.07, 6.45) is 4.80. The standard InChI is InChI=1S/C14H16N4O/c1-11-4-6-12(7-5-11)18-10-13(15-16-18)14(19)8-9-17(2)3/h4-10H,1-3H3. The van der Waals surface area contributed by atoms with Crippen LogP contribution in [0.3, 0.4) is 0 Å². The summed E-state index contributed by atoms with van der Waals surface area (Å²) >= 11 is 0. The van der Waals surface area contributed by atoms with Crippen molar-refractivity contribution < 1.29 is 4.79 Å². The normalized spacial score (nSPS) is 10.9. The van der Waals surface area contributed by atoms with Crippen molar-refractivity contribution in [1.82, 2.24) is 19.9 Å². The SMILES string of the molecule is Cc1ccc(-n2cc(C(=O)C=CN(C)C)nn2)cc1. The van der Waals surface area contributed by atoms with Gasteiger partial charge in [0, 0.05) is 26.4 Å². The third kappa shape index (κ3) is 3.28. The Morgan fingerprint density at radius 3 is 2.58 bits per heavy atom. The number of carbonyl (C=O) groups is 1. The number of allylic oxidation sites excluding steroid dienone is 1. The van der Waals surface area contributed by atoms with Crippen LogP contribution >= 0.6 is 0 Å². The summed E-state index contributed by atoms with van der Waals surface area (Å²) in [5.41, 5.74) is 2.39. The molecular formula is C14H16N4O. The zero-order chi connectivity index (χ0) is 13.8. The van der Waals surface area contributed by atoms with Gasteiger partial charge in [0.05, 0.1) is 11.9 Å². The first kappa shape index (κ1) is 13.0. The van der Waals surface area contributed by atoms with E-state index in [1.54, 1.807) is 22.0 Å². The van der Waals surface area contributed by atoms with Gasteiger partial charge in [0.2, 0.25) is 5.78 Å². The minimum absolute atomic E-state index is 0.160.